The molecule has 0 saturated carbocycles. The van der Waals surface area contributed by atoms with E-state index in [1.807, 2.05) is 42.1 Å². The standard InChI is InChI=1S/C14H15ClN8/c1-23-7-6-18-11(23)10(8-2-4-9(15)5-3-8)19-14-21-12(16)20-13(17)22-14/h2-7,10H,1H3,(H5,16,17,19,20,21,22). The summed E-state index contributed by atoms with van der Waals surface area (Å²) in [5, 5.41) is 3.84. The summed E-state index contributed by atoms with van der Waals surface area (Å²) in [6, 6.07) is 7.13. The lowest BCUT2D eigenvalue weighted by Crippen LogP contribution is -2.19. The lowest BCUT2D eigenvalue weighted by atomic mass is 10.1. The van der Waals surface area contributed by atoms with Gasteiger partial charge in [0.1, 0.15) is 11.9 Å². The zero-order valence-electron chi connectivity index (χ0n) is 12.3. The Balaban J connectivity index is 2.01. The first-order chi connectivity index (χ1) is 11.0. The number of halogens is 1. The summed E-state index contributed by atoms with van der Waals surface area (Å²) in [6.45, 7) is 0. The highest BCUT2D eigenvalue weighted by Gasteiger charge is 2.20. The molecule has 0 bridgehead atoms. The van der Waals surface area contributed by atoms with Gasteiger partial charge in [0.05, 0.1) is 0 Å². The number of rotatable bonds is 4. The van der Waals surface area contributed by atoms with Gasteiger partial charge in [0.15, 0.2) is 0 Å². The zero-order valence-corrected chi connectivity index (χ0v) is 13.1. The monoisotopic (exact) mass is 330 g/mol. The minimum Gasteiger partial charge on any atom is -0.368 e. The molecule has 0 radical (unpaired) electrons. The van der Waals surface area contributed by atoms with Crippen LogP contribution in [0.1, 0.15) is 17.4 Å². The van der Waals surface area contributed by atoms with E-state index in [1.165, 1.54) is 0 Å². The van der Waals surface area contributed by atoms with Crippen LogP contribution in [0.5, 0.6) is 0 Å². The molecule has 118 valence electrons. The number of imidazole rings is 1. The number of benzene rings is 1. The van der Waals surface area contributed by atoms with E-state index in [-0.39, 0.29) is 23.9 Å². The van der Waals surface area contributed by atoms with Gasteiger partial charge in [-0.25, -0.2) is 4.98 Å². The number of nitrogens with one attached hydrogen (secondary N) is 1. The van der Waals surface area contributed by atoms with Crippen LogP contribution in [0, 0.1) is 0 Å². The molecule has 0 aliphatic heterocycles. The maximum absolute atomic E-state index is 5.97. The first-order valence-electron chi connectivity index (χ1n) is 6.79. The van der Waals surface area contributed by atoms with Crippen LogP contribution in [0.4, 0.5) is 17.8 Å². The van der Waals surface area contributed by atoms with Crippen molar-refractivity contribution in [3.05, 3.63) is 53.1 Å². The third kappa shape index (κ3) is 3.32. The largest absolute Gasteiger partial charge is 0.368 e. The molecule has 5 N–H and O–H groups in total. The summed E-state index contributed by atoms with van der Waals surface area (Å²) in [4.78, 5) is 16.3. The third-order valence-corrected chi connectivity index (χ3v) is 3.52. The molecule has 3 rings (SSSR count). The molecule has 3 aromatic rings. The number of aromatic nitrogens is 5. The van der Waals surface area contributed by atoms with Crippen LogP contribution in [-0.2, 0) is 7.05 Å². The number of hydrogen-bond acceptors (Lipinski definition) is 7. The average molecular weight is 331 g/mol. The molecular weight excluding hydrogens is 316 g/mol. The van der Waals surface area contributed by atoms with Gasteiger partial charge in [0.25, 0.3) is 0 Å². The highest BCUT2D eigenvalue weighted by molar-refractivity contribution is 6.30. The van der Waals surface area contributed by atoms with Gasteiger partial charge >= 0.3 is 0 Å². The first-order valence-corrected chi connectivity index (χ1v) is 7.17. The van der Waals surface area contributed by atoms with E-state index in [1.54, 1.807) is 6.20 Å². The Morgan fingerprint density at radius 1 is 1.09 bits per heavy atom. The van der Waals surface area contributed by atoms with Crippen LogP contribution in [0.2, 0.25) is 5.02 Å². The fourth-order valence-electron chi connectivity index (χ4n) is 2.21. The number of aryl methyl sites for hydroxylation is 1. The highest BCUT2D eigenvalue weighted by Crippen LogP contribution is 2.25. The number of hydrogen-bond donors (Lipinski definition) is 3. The molecule has 0 saturated heterocycles. The number of nitrogen functional groups attached to an aromatic ring is 2. The summed E-state index contributed by atoms with van der Waals surface area (Å²) in [5.41, 5.74) is 12.2. The first kappa shape index (κ1) is 15.0. The van der Waals surface area contributed by atoms with Crippen molar-refractivity contribution >= 4 is 29.4 Å². The lowest BCUT2D eigenvalue weighted by Gasteiger charge is -2.19. The summed E-state index contributed by atoms with van der Waals surface area (Å²) >= 11 is 5.97. The maximum atomic E-state index is 5.97. The fourth-order valence-corrected chi connectivity index (χ4v) is 2.34. The molecular formula is C14H15ClN8. The van der Waals surface area contributed by atoms with Crippen LogP contribution in [0.3, 0.4) is 0 Å². The van der Waals surface area contributed by atoms with Crippen molar-refractivity contribution < 1.29 is 0 Å². The van der Waals surface area contributed by atoms with Crippen LogP contribution >= 0.6 is 11.6 Å². The molecule has 23 heavy (non-hydrogen) atoms. The van der Waals surface area contributed by atoms with E-state index in [0.29, 0.717) is 5.02 Å². The predicted octanol–water partition coefficient (Wildman–Crippen LogP) is 1.62. The van der Waals surface area contributed by atoms with Crippen molar-refractivity contribution in [1.29, 1.82) is 0 Å². The van der Waals surface area contributed by atoms with Gasteiger partial charge in [-0.2, -0.15) is 15.0 Å². The molecule has 1 unspecified atom stereocenters. The van der Waals surface area contributed by atoms with Gasteiger partial charge in [0, 0.05) is 24.5 Å². The SMILES string of the molecule is Cn1ccnc1C(Nc1nc(N)nc(N)n1)c1ccc(Cl)cc1. The van der Waals surface area contributed by atoms with Gasteiger partial charge in [-0.05, 0) is 17.7 Å². The normalized spacial score (nSPS) is 12.1. The van der Waals surface area contributed by atoms with E-state index in [4.69, 9.17) is 23.1 Å². The Morgan fingerprint density at radius 2 is 1.74 bits per heavy atom. The fraction of sp³-hybridized carbons (Fsp3) is 0.143. The molecule has 0 aliphatic carbocycles. The van der Waals surface area contributed by atoms with Gasteiger partial charge in [0.2, 0.25) is 17.8 Å². The van der Waals surface area contributed by atoms with Gasteiger partial charge < -0.3 is 21.4 Å². The molecule has 1 aromatic carbocycles. The van der Waals surface area contributed by atoms with Crippen LogP contribution in [0.25, 0.3) is 0 Å². The second-order valence-corrected chi connectivity index (χ2v) is 5.34. The van der Waals surface area contributed by atoms with E-state index >= 15 is 0 Å². The Morgan fingerprint density at radius 3 is 2.30 bits per heavy atom. The van der Waals surface area contributed by atoms with Crippen LogP contribution in [0.15, 0.2) is 36.7 Å². The third-order valence-electron chi connectivity index (χ3n) is 3.26. The van der Waals surface area contributed by atoms with Gasteiger partial charge in [-0.15, -0.1) is 0 Å². The Bertz CT molecular complexity index is 794. The molecule has 0 fully saturated rings. The van der Waals surface area contributed by atoms with Crippen LogP contribution < -0.4 is 16.8 Å². The zero-order chi connectivity index (χ0) is 16.4. The van der Waals surface area contributed by atoms with E-state index in [2.05, 4.69) is 25.3 Å². The van der Waals surface area contributed by atoms with Crippen molar-refractivity contribution in [3.8, 4) is 0 Å². The van der Waals surface area contributed by atoms with Crippen molar-refractivity contribution in [3.63, 3.8) is 0 Å². The van der Waals surface area contributed by atoms with E-state index < -0.39 is 0 Å². The summed E-state index contributed by atoms with van der Waals surface area (Å²) < 4.78 is 1.90. The second-order valence-electron chi connectivity index (χ2n) is 4.90. The van der Waals surface area contributed by atoms with Gasteiger partial charge in [-0.3, -0.25) is 0 Å². The maximum Gasteiger partial charge on any atom is 0.230 e. The molecule has 2 heterocycles. The molecule has 0 aliphatic rings. The lowest BCUT2D eigenvalue weighted by molar-refractivity contribution is 0.741. The number of anilines is 3. The quantitative estimate of drug-likeness (QED) is 0.664. The van der Waals surface area contributed by atoms with Gasteiger partial charge in [-0.1, -0.05) is 23.7 Å². The molecule has 0 amide bonds. The Hall–Kier alpha value is -2.87. The van der Waals surface area contributed by atoms with E-state index in [9.17, 15) is 0 Å². The highest BCUT2D eigenvalue weighted by atomic mass is 35.5. The van der Waals surface area contributed by atoms with E-state index in [0.717, 1.165) is 11.4 Å². The average Bonchev–Trinajstić information content (AvgIpc) is 2.91. The second kappa shape index (κ2) is 6.09. The Kier molecular flexibility index (Phi) is 3.98. The van der Waals surface area contributed by atoms with Crippen LogP contribution in [-0.4, -0.2) is 24.5 Å². The smallest absolute Gasteiger partial charge is 0.230 e. The van der Waals surface area contributed by atoms with Crippen molar-refractivity contribution in [1.82, 2.24) is 24.5 Å². The summed E-state index contributed by atoms with van der Waals surface area (Å²) in [5.74, 6) is 1.16. The molecule has 2 aromatic heterocycles. The molecule has 9 heteroatoms. The van der Waals surface area contributed by atoms with Crippen molar-refractivity contribution in [2.24, 2.45) is 7.05 Å². The van der Waals surface area contributed by atoms with Crippen molar-refractivity contribution in [2.45, 2.75) is 6.04 Å². The molecule has 1 atom stereocenters. The number of nitrogens with zero attached hydrogens (tertiary/aromatic N) is 5. The Labute approximate surface area is 137 Å². The minimum absolute atomic E-state index is 0.0506. The molecule has 0 spiro atoms. The topological polar surface area (TPSA) is 121 Å². The summed E-state index contributed by atoms with van der Waals surface area (Å²) in [7, 11) is 1.91. The summed E-state index contributed by atoms with van der Waals surface area (Å²) in [6.07, 6.45) is 3.58. The minimum atomic E-state index is -0.298. The number of nitrogens with two attached hydrogens (primary N) is 2. The predicted molar refractivity (Wildman–Crippen MR) is 88.8 cm³/mol. The molecule has 8 nitrogen and oxygen atoms in total. The van der Waals surface area contributed by atoms with Crippen molar-refractivity contribution in [2.75, 3.05) is 16.8 Å².